The molecule has 0 N–H and O–H groups in total. The van der Waals surface area contributed by atoms with E-state index in [-0.39, 0.29) is 27.7 Å². The first-order valence-electron chi connectivity index (χ1n) is 9.30. The third kappa shape index (κ3) is 4.13. The van der Waals surface area contributed by atoms with Gasteiger partial charge in [-0.3, -0.25) is 0 Å². The van der Waals surface area contributed by atoms with Gasteiger partial charge < -0.3 is 4.74 Å². The Balaban J connectivity index is 1.78. The minimum Gasteiger partial charge on any atom is -0.470 e. The van der Waals surface area contributed by atoms with Crippen LogP contribution in [0.3, 0.4) is 0 Å². The highest BCUT2D eigenvalue weighted by Crippen LogP contribution is 2.36. The standard InChI is InChI=1S/C17H13F5N8O3S/c1-2-34(31,32)15-13(14-24-4-3-12(30(14)28-15)29-9-23-8-27-29)10-5-26-11(6-25-10)33-7-16(18,19)17(20,21)22/h3-6,8-9H,2,7H2,1H3. The Morgan fingerprint density at radius 3 is 2.44 bits per heavy atom. The van der Waals surface area contributed by atoms with Gasteiger partial charge in [0.1, 0.15) is 12.7 Å². The van der Waals surface area contributed by atoms with Gasteiger partial charge in [-0.2, -0.15) is 36.7 Å². The van der Waals surface area contributed by atoms with Crippen LogP contribution in [-0.2, 0) is 9.84 Å². The van der Waals surface area contributed by atoms with Crippen LogP contribution >= 0.6 is 0 Å². The summed E-state index contributed by atoms with van der Waals surface area (Å²) in [6.45, 7) is -0.599. The van der Waals surface area contributed by atoms with Crippen molar-refractivity contribution in [3.05, 3.63) is 37.3 Å². The number of aromatic nitrogens is 8. The molecule has 0 aliphatic heterocycles. The van der Waals surface area contributed by atoms with Gasteiger partial charge in [0.15, 0.2) is 32.9 Å². The molecular formula is C17H13F5N8O3S. The number of sulfone groups is 1. The van der Waals surface area contributed by atoms with Crippen LogP contribution in [0.15, 0.2) is 42.3 Å². The monoisotopic (exact) mass is 504 g/mol. The maximum atomic E-state index is 13.1. The minimum absolute atomic E-state index is 0.0478. The van der Waals surface area contributed by atoms with Crippen LogP contribution in [0.4, 0.5) is 22.0 Å². The Labute approximate surface area is 187 Å². The molecule has 0 saturated heterocycles. The molecule has 0 amide bonds. The summed E-state index contributed by atoms with van der Waals surface area (Å²) >= 11 is 0. The second kappa shape index (κ2) is 8.23. The van der Waals surface area contributed by atoms with Crippen molar-refractivity contribution in [3.63, 3.8) is 0 Å². The Kier molecular flexibility index (Phi) is 5.66. The fraction of sp³-hybridized carbons (Fsp3) is 0.294. The minimum atomic E-state index is -5.80. The molecule has 0 aromatic carbocycles. The predicted molar refractivity (Wildman–Crippen MR) is 103 cm³/mol. The van der Waals surface area contributed by atoms with E-state index in [4.69, 9.17) is 0 Å². The first-order valence-corrected chi connectivity index (χ1v) is 10.9. The molecule has 0 fully saturated rings. The van der Waals surface area contributed by atoms with Crippen molar-refractivity contribution in [1.82, 2.24) is 39.3 Å². The van der Waals surface area contributed by atoms with E-state index < -0.39 is 34.4 Å². The van der Waals surface area contributed by atoms with Gasteiger partial charge in [0, 0.05) is 12.3 Å². The number of alkyl halides is 5. The fourth-order valence-electron chi connectivity index (χ4n) is 2.76. The lowest BCUT2D eigenvalue weighted by Gasteiger charge is -2.19. The SMILES string of the molecule is CCS(=O)(=O)c1nn2c(-n3cncn3)ccnc2c1-c1cnc(OCC(F)(F)C(F)(F)F)cn1. The number of fused-ring (bicyclic) bond motifs is 1. The van der Waals surface area contributed by atoms with Gasteiger partial charge in [-0.25, -0.2) is 33.0 Å². The molecule has 4 heterocycles. The van der Waals surface area contributed by atoms with Crippen LogP contribution < -0.4 is 4.74 Å². The molecule has 17 heteroatoms. The van der Waals surface area contributed by atoms with E-state index in [1.165, 1.54) is 41.0 Å². The molecule has 34 heavy (non-hydrogen) atoms. The Hall–Kier alpha value is -3.76. The summed E-state index contributed by atoms with van der Waals surface area (Å²) in [4.78, 5) is 15.6. The number of hydrogen-bond donors (Lipinski definition) is 0. The second-order valence-electron chi connectivity index (χ2n) is 6.69. The Bertz CT molecular complexity index is 1420. The summed E-state index contributed by atoms with van der Waals surface area (Å²) in [5.41, 5.74) is -0.0877. The van der Waals surface area contributed by atoms with Crippen molar-refractivity contribution in [1.29, 1.82) is 0 Å². The van der Waals surface area contributed by atoms with E-state index in [1.54, 1.807) is 0 Å². The summed E-state index contributed by atoms with van der Waals surface area (Å²) < 4.78 is 95.5. The molecule has 0 saturated carbocycles. The summed E-state index contributed by atoms with van der Waals surface area (Å²) in [5, 5.41) is 7.75. The molecule has 4 aromatic rings. The topological polar surface area (TPSA) is 130 Å². The Morgan fingerprint density at radius 1 is 1.09 bits per heavy atom. The maximum Gasteiger partial charge on any atom is 0.456 e. The predicted octanol–water partition coefficient (Wildman–Crippen LogP) is 2.14. The van der Waals surface area contributed by atoms with Crippen molar-refractivity contribution < 1.29 is 35.1 Å². The highest BCUT2D eigenvalue weighted by molar-refractivity contribution is 7.91. The number of halogens is 5. The first kappa shape index (κ1) is 23.4. The van der Waals surface area contributed by atoms with Crippen molar-refractivity contribution in [2.75, 3.05) is 12.4 Å². The largest absolute Gasteiger partial charge is 0.470 e. The summed E-state index contributed by atoms with van der Waals surface area (Å²) in [6.07, 6.45) is -0.0799. The molecule has 0 spiro atoms. The second-order valence-corrected chi connectivity index (χ2v) is 8.89. The van der Waals surface area contributed by atoms with Crippen molar-refractivity contribution in [2.45, 2.75) is 24.0 Å². The van der Waals surface area contributed by atoms with E-state index in [0.29, 0.717) is 5.82 Å². The molecule has 4 aromatic heterocycles. The van der Waals surface area contributed by atoms with E-state index in [1.807, 2.05) is 0 Å². The zero-order valence-corrected chi connectivity index (χ0v) is 17.8. The lowest BCUT2D eigenvalue weighted by Crippen LogP contribution is -2.41. The normalized spacial score (nSPS) is 12.9. The van der Waals surface area contributed by atoms with Crippen LogP contribution in [0.1, 0.15) is 6.92 Å². The van der Waals surface area contributed by atoms with Gasteiger partial charge in [0.2, 0.25) is 5.88 Å². The zero-order valence-electron chi connectivity index (χ0n) is 17.0. The molecular weight excluding hydrogens is 491 g/mol. The van der Waals surface area contributed by atoms with Gasteiger partial charge in [0.05, 0.1) is 29.4 Å². The number of ether oxygens (including phenoxy) is 1. The molecule has 0 radical (unpaired) electrons. The smallest absolute Gasteiger partial charge is 0.456 e. The van der Waals surface area contributed by atoms with Crippen molar-refractivity contribution in [3.8, 4) is 23.0 Å². The van der Waals surface area contributed by atoms with E-state index in [9.17, 15) is 30.4 Å². The van der Waals surface area contributed by atoms with E-state index in [2.05, 4.69) is 34.9 Å². The zero-order chi connectivity index (χ0) is 24.7. The number of nitrogens with zero attached hydrogens (tertiary/aromatic N) is 8. The quantitative estimate of drug-likeness (QED) is 0.348. The maximum absolute atomic E-state index is 13.1. The molecule has 0 unspecified atom stereocenters. The average Bonchev–Trinajstić information content (AvgIpc) is 3.46. The molecule has 0 aliphatic rings. The van der Waals surface area contributed by atoms with Crippen LogP contribution in [0.2, 0.25) is 0 Å². The van der Waals surface area contributed by atoms with Gasteiger partial charge >= 0.3 is 12.1 Å². The highest BCUT2D eigenvalue weighted by atomic mass is 32.2. The number of rotatable bonds is 7. The molecule has 0 aliphatic carbocycles. The van der Waals surface area contributed by atoms with Crippen LogP contribution in [0, 0.1) is 0 Å². The van der Waals surface area contributed by atoms with Crippen LogP contribution in [-0.4, -0.2) is 72.2 Å². The average molecular weight is 504 g/mol. The summed E-state index contributed by atoms with van der Waals surface area (Å²) in [6, 6.07) is 1.50. The lowest BCUT2D eigenvalue weighted by molar-refractivity contribution is -0.290. The van der Waals surface area contributed by atoms with Gasteiger partial charge in [-0.05, 0) is 0 Å². The van der Waals surface area contributed by atoms with Crippen molar-refractivity contribution >= 4 is 15.5 Å². The Morgan fingerprint density at radius 2 is 1.85 bits per heavy atom. The van der Waals surface area contributed by atoms with Crippen LogP contribution in [0.25, 0.3) is 22.7 Å². The fourth-order valence-corrected chi connectivity index (χ4v) is 3.74. The third-order valence-corrected chi connectivity index (χ3v) is 6.13. The molecule has 0 bridgehead atoms. The van der Waals surface area contributed by atoms with Gasteiger partial charge in [0.25, 0.3) is 0 Å². The molecule has 180 valence electrons. The highest BCUT2D eigenvalue weighted by Gasteiger charge is 2.58. The lowest BCUT2D eigenvalue weighted by atomic mass is 10.2. The van der Waals surface area contributed by atoms with Crippen LogP contribution in [0.5, 0.6) is 5.88 Å². The van der Waals surface area contributed by atoms with Gasteiger partial charge in [-0.1, -0.05) is 6.92 Å². The van der Waals surface area contributed by atoms with E-state index >= 15 is 0 Å². The molecule has 4 rings (SSSR count). The third-order valence-electron chi connectivity index (χ3n) is 4.49. The molecule has 11 nitrogen and oxygen atoms in total. The summed E-state index contributed by atoms with van der Waals surface area (Å²) in [7, 11) is -3.92. The number of hydrogen-bond acceptors (Lipinski definition) is 9. The molecule has 0 atom stereocenters. The van der Waals surface area contributed by atoms with E-state index in [0.717, 1.165) is 12.4 Å². The van der Waals surface area contributed by atoms with Crippen molar-refractivity contribution in [2.24, 2.45) is 0 Å². The summed E-state index contributed by atoms with van der Waals surface area (Å²) in [5.74, 6) is -5.74. The first-order chi connectivity index (χ1) is 15.9. The van der Waals surface area contributed by atoms with Gasteiger partial charge in [-0.15, -0.1) is 0 Å².